The number of piperidine rings is 1. The van der Waals surface area contributed by atoms with Crippen LogP contribution in [0, 0.1) is 11.7 Å². The van der Waals surface area contributed by atoms with Gasteiger partial charge in [-0.05, 0) is 25.0 Å². The Morgan fingerprint density at radius 1 is 1.38 bits per heavy atom. The lowest BCUT2D eigenvalue weighted by Crippen LogP contribution is -2.46. The highest BCUT2D eigenvalue weighted by Crippen LogP contribution is 2.26. The highest BCUT2D eigenvalue weighted by molar-refractivity contribution is 6.00. The van der Waals surface area contributed by atoms with Crippen LogP contribution in [0.3, 0.4) is 0 Å². The number of nitrogens with two attached hydrogens (primary N) is 1. The van der Waals surface area contributed by atoms with Crippen molar-refractivity contribution in [3.05, 3.63) is 41.8 Å². The number of aromatic amines is 1. The zero-order chi connectivity index (χ0) is 18.5. The average molecular weight is 359 g/mol. The van der Waals surface area contributed by atoms with Gasteiger partial charge in [0.15, 0.2) is 0 Å². The molecular formula is C18H22FN5O2. The molecule has 1 atom stereocenters. The molecule has 8 heteroatoms. The minimum Gasteiger partial charge on any atom is -0.355 e. The zero-order valence-corrected chi connectivity index (χ0v) is 14.4. The molecule has 0 saturated carbocycles. The summed E-state index contributed by atoms with van der Waals surface area (Å²) in [4.78, 5) is 26.7. The molecule has 0 spiro atoms. The van der Waals surface area contributed by atoms with E-state index in [1.807, 2.05) is 0 Å². The van der Waals surface area contributed by atoms with Gasteiger partial charge in [-0.2, -0.15) is 5.10 Å². The molecule has 3 rings (SSSR count). The molecule has 1 unspecified atom stereocenters. The third kappa shape index (κ3) is 3.75. The van der Waals surface area contributed by atoms with Crippen molar-refractivity contribution in [3.63, 3.8) is 0 Å². The van der Waals surface area contributed by atoms with Crippen molar-refractivity contribution in [1.82, 2.24) is 20.4 Å². The lowest BCUT2D eigenvalue weighted by molar-refractivity contribution is -0.126. The molecule has 1 aromatic heterocycles. The second-order valence-corrected chi connectivity index (χ2v) is 6.31. The Kier molecular flexibility index (Phi) is 5.62. The molecule has 138 valence electrons. The highest BCUT2D eigenvalue weighted by Gasteiger charge is 2.30. The van der Waals surface area contributed by atoms with Gasteiger partial charge in [-0.1, -0.05) is 12.1 Å². The first kappa shape index (κ1) is 18.1. The van der Waals surface area contributed by atoms with Crippen molar-refractivity contribution in [3.8, 4) is 11.3 Å². The van der Waals surface area contributed by atoms with Crippen molar-refractivity contribution < 1.29 is 14.0 Å². The average Bonchev–Trinajstić information content (AvgIpc) is 3.15. The van der Waals surface area contributed by atoms with Gasteiger partial charge in [-0.25, -0.2) is 4.39 Å². The lowest BCUT2D eigenvalue weighted by Gasteiger charge is -2.32. The van der Waals surface area contributed by atoms with Gasteiger partial charge >= 0.3 is 0 Å². The van der Waals surface area contributed by atoms with Gasteiger partial charge in [0.05, 0.1) is 23.4 Å². The minimum absolute atomic E-state index is 0.0885. The number of aromatic nitrogens is 2. The quantitative estimate of drug-likeness (QED) is 0.745. The highest BCUT2D eigenvalue weighted by atomic mass is 19.1. The number of benzene rings is 1. The van der Waals surface area contributed by atoms with Crippen molar-refractivity contribution in [2.75, 3.05) is 26.2 Å². The van der Waals surface area contributed by atoms with E-state index < -0.39 is 5.82 Å². The standard InChI is InChI=1S/C18H22FN5O2/c19-15-6-2-1-5-13(15)16-14(10-22-23-16)18(26)24-9-3-4-12(11-24)17(25)21-8-7-20/h1-2,5-6,10,12H,3-4,7-9,11,20H2,(H,21,25)(H,22,23). The Hall–Kier alpha value is -2.74. The zero-order valence-electron chi connectivity index (χ0n) is 14.4. The molecule has 1 fully saturated rings. The van der Waals surface area contributed by atoms with Crippen LogP contribution in [0.25, 0.3) is 11.3 Å². The Bertz CT molecular complexity index is 791. The largest absolute Gasteiger partial charge is 0.355 e. The fourth-order valence-electron chi connectivity index (χ4n) is 3.20. The van der Waals surface area contributed by atoms with Gasteiger partial charge < -0.3 is 16.0 Å². The van der Waals surface area contributed by atoms with E-state index in [2.05, 4.69) is 15.5 Å². The Balaban J connectivity index is 1.77. The van der Waals surface area contributed by atoms with Crippen molar-refractivity contribution in [2.24, 2.45) is 11.7 Å². The number of nitrogens with zero attached hydrogens (tertiary/aromatic N) is 2. The third-order valence-electron chi connectivity index (χ3n) is 4.54. The summed E-state index contributed by atoms with van der Waals surface area (Å²) in [5.74, 6) is -1.03. The van der Waals surface area contributed by atoms with Crippen LogP contribution in [-0.4, -0.2) is 53.1 Å². The molecule has 1 aliphatic rings. The Morgan fingerprint density at radius 2 is 2.19 bits per heavy atom. The second-order valence-electron chi connectivity index (χ2n) is 6.31. The number of carbonyl (C=O) groups excluding carboxylic acids is 2. The van der Waals surface area contributed by atoms with Gasteiger partial charge in [0, 0.05) is 31.7 Å². The van der Waals surface area contributed by atoms with Crippen molar-refractivity contribution >= 4 is 11.8 Å². The predicted octanol–water partition coefficient (Wildman–Crippen LogP) is 1.14. The summed E-state index contributed by atoms with van der Waals surface area (Å²) in [6.07, 6.45) is 2.87. The number of hydrogen-bond donors (Lipinski definition) is 3. The second kappa shape index (κ2) is 8.09. The summed E-state index contributed by atoms with van der Waals surface area (Å²) in [6, 6.07) is 6.22. The van der Waals surface area contributed by atoms with Crippen LogP contribution in [0.1, 0.15) is 23.2 Å². The summed E-state index contributed by atoms with van der Waals surface area (Å²) < 4.78 is 14.1. The number of nitrogens with one attached hydrogen (secondary N) is 2. The first-order chi connectivity index (χ1) is 12.6. The van der Waals surface area contributed by atoms with Crippen molar-refractivity contribution in [1.29, 1.82) is 0 Å². The molecule has 1 saturated heterocycles. The van der Waals surface area contributed by atoms with E-state index in [9.17, 15) is 14.0 Å². The summed E-state index contributed by atoms with van der Waals surface area (Å²) in [6.45, 7) is 1.68. The van der Waals surface area contributed by atoms with E-state index in [1.54, 1.807) is 23.1 Å². The maximum absolute atomic E-state index is 14.1. The number of H-pyrrole nitrogens is 1. The van der Waals surface area contributed by atoms with Crippen LogP contribution in [0.4, 0.5) is 4.39 Å². The molecule has 2 heterocycles. The van der Waals surface area contributed by atoms with Crippen LogP contribution in [0.5, 0.6) is 0 Å². The van der Waals surface area contributed by atoms with Gasteiger partial charge in [-0.3, -0.25) is 14.7 Å². The number of hydrogen-bond acceptors (Lipinski definition) is 4. The molecule has 1 aliphatic heterocycles. The van der Waals surface area contributed by atoms with E-state index in [1.165, 1.54) is 12.3 Å². The SMILES string of the molecule is NCCNC(=O)C1CCCN(C(=O)c2cn[nH]c2-c2ccccc2F)C1. The molecule has 7 nitrogen and oxygen atoms in total. The minimum atomic E-state index is -0.427. The molecule has 2 amide bonds. The predicted molar refractivity (Wildman–Crippen MR) is 94.7 cm³/mol. The summed E-state index contributed by atoms with van der Waals surface area (Å²) in [7, 11) is 0. The lowest BCUT2D eigenvalue weighted by atomic mass is 9.96. The van der Waals surface area contributed by atoms with Crippen LogP contribution in [0.15, 0.2) is 30.5 Å². The van der Waals surface area contributed by atoms with E-state index in [0.29, 0.717) is 43.0 Å². The molecule has 1 aromatic carbocycles. The summed E-state index contributed by atoms with van der Waals surface area (Å²) in [5.41, 5.74) is 6.36. The van der Waals surface area contributed by atoms with Gasteiger partial charge in [0.2, 0.25) is 5.91 Å². The molecule has 4 N–H and O–H groups in total. The number of halogens is 1. The smallest absolute Gasteiger partial charge is 0.257 e. The fourth-order valence-corrected chi connectivity index (χ4v) is 3.20. The Morgan fingerprint density at radius 3 is 2.96 bits per heavy atom. The van der Waals surface area contributed by atoms with Crippen LogP contribution >= 0.6 is 0 Å². The number of carbonyl (C=O) groups is 2. The maximum Gasteiger partial charge on any atom is 0.257 e. The maximum atomic E-state index is 14.1. The topological polar surface area (TPSA) is 104 Å². The van der Waals surface area contributed by atoms with Crippen molar-refractivity contribution in [2.45, 2.75) is 12.8 Å². The number of rotatable bonds is 5. The summed E-state index contributed by atoms with van der Waals surface area (Å²) in [5, 5.41) is 9.40. The van der Waals surface area contributed by atoms with Crippen LogP contribution in [0.2, 0.25) is 0 Å². The molecule has 2 aromatic rings. The molecule has 0 bridgehead atoms. The van der Waals surface area contributed by atoms with Crippen LogP contribution < -0.4 is 11.1 Å². The van der Waals surface area contributed by atoms with Gasteiger partial charge in [0.25, 0.3) is 5.91 Å². The van der Waals surface area contributed by atoms with E-state index in [-0.39, 0.29) is 17.7 Å². The van der Waals surface area contributed by atoms with Gasteiger partial charge in [-0.15, -0.1) is 0 Å². The molecule has 0 aliphatic carbocycles. The molecule has 0 radical (unpaired) electrons. The first-order valence-electron chi connectivity index (χ1n) is 8.67. The van der Waals surface area contributed by atoms with E-state index >= 15 is 0 Å². The molecular weight excluding hydrogens is 337 g/mol. The molecule has 26 heavy (non-hydrogen) atoms. The number of likely N-dealkylation sites (tertiary alicyclic amines) is 1. The first-order valence-corrected chi connectivity index (χ1v) is 8.67. The van der Waals surface area contributed by atoms with E-state index in [4.69, 9.17) is 5.73 Å². The van der Waals surface area contributed by atoms with Gasteiger partial charge in [0.1, 0.15) is 5.82 Å². The third-order valence-corrected chi connectivity index (χ3v) is 4.54. The number of amides is 2. The normalized spacial score (nSPS) is 17.2. The fraction of sp³-hybridized carbons (Fsp3) is 0.389. The van der Waals surface area contributed by atoms with Crippen LogP contribution in [-0.2, 0) is 4.79 Å². The summed E-state index contributed by atoms with van der Waals surface area (Å²) >= 11 is 0. The van der Waals surface area contributed by atoms with E-state index in [0.717, 1.165) is 12.8 Å². The monoisotopic (exact) mass is 359 g/mol. The Labute approximate surface area is 150 Å².